The number of hydrogen-bond donors (Lipinski definition) is 1. The van der Waals surface area contributed by atoms with Crippen LogP contribution in [0.5, 0.6) is 11.5 Å². The molecule has 2 amide bonds. The average molecular weight is 479 g/mol. The largest absolute Gasteiger partial charge is 0.496 e. The summed E-state index contributed by atoms with van der Waals surface area (Å²) in [5.74, 6) is 0.480. The molecule has 1 N–H and O–H groups in total. The molecule has 0 spiro atoms. The van der Waals surface area contributed by atoms with E-state index < -0.39 is 0 Å². The number of carbonyl (C=O) groups excluding carboxylic acids is 2. The van der Waals surface area contributed by atoms with E-state index in [1.807, 2.05) is 54.6 Å². The molecule has 0 unspecified atom stereocenters. The van der Waals surface area contributed by atoms with Gasteiger partial charge >= 0.3 is 0 Å². The van der Waals surface area contributed by atoms with Crippen molar-refractivity contribution >= 4 is 39.3 Å². The zero-order valence-electron chi connectivity index (χ0n) is 19.6. The van der Waals surface area contributed by atoms with Gasteiger partial charge in [0, 0.05) is 36.3 Å². The number of pyridine rings is 2. The topological polar surface area (TPSA) is 93.7 Å². The van der Waals surface area contributed by atoms with E-state index in [-0.39, 0.29) is 11.8 Å². The summed E-state index contributed by atoms with van der Waals surface area (Å²) < 4.78 is 5.24. The van der Waals surface area contributed by atoms with Crippen molar-refractivity contribution in [2.24, 2.45) is 0 Å². The van der Waals surface area contributed by atoms with Gasteiger partial charge in [-0.05, 0) is 36.4 Å². The minimum atomic E-state index is -0.376. The number of nitrogens with zero attached hydrogens (tertiary/aromatic N) is 3. The molecule has 0 aliphatic carbocycles. The normalized spacial score (nSPS) is 12.3. The summed E-state index contributed by atoms with van der Waals surface area (Å²) in [5, 5.41) is 1.77. The molecule has 1 aliphatic heterocycles. The highest BCUT2D eigenvalue weighted by Gasteiger charge is 2.39. The Kier molecular flexibility index (Phi) is 6.25. The number of amides is 2. The van der Waals surface area contributed by atoms with Crippen LogP contribution in [0.15, 0.2) is 91.3 Å². The van der Waals surface area contributed by atoms with E-state index in [1.54, 1.807) is 43.7 Å². The monoisotopic (exact) mass is 478 g/mol. The van der Waals surface area contributed by atoms with Crippen molar-refractivity contribution in [1.82, 2.24) is 15.4 Å². The first kappa shape index (κ1) is 22.9. The van der Waals surface area contributed by atoms with Gasteiger partial charge in [0.05, 0.1) is 35.0 Å². The third kappa shape index (κ3) is 3.99. The van der Waals surface area contributed by atoms with Gasteiger partial charge in [0.25, 0.3) is 11.8 Å². The van der Waals surface area contributed by atoms with Gasteiger partial charge in [-0.3, -0.25) is 19.6 Å². The van der Waals surface area contributed by atoms with Crippen LogP contribution in [0.25, 0.3) is 21.8 Å². The van der Waals surface area contributed by atoms with Crippen LogP contribution in [0.4, 0.5) is 5.69 Å². The fourth-order valence-electron chi connectivity index (χ4n) is 4.19. The molecule has 0 saturated heterocycles. The second-order valence-electron chi connectivity index (χ2n) is 7.81. The lowest BCUT2D eigenvalue weighted by Crippen LogP contribution is -2.29. The summed E-state index contributed by atoms with van der Waals surface area (Å²) in [6.07, 6.45) is 3.33. The number of carbonyl (C=O) groups is 2. The maximum absolute atomic E-state index is 12.8. The highest BCUT2D eigenvalue weighted by molar-refractivity contribution is 6.36. The molecule has 3 heterocycles. The van der Waals surface area contributed by atoms with Crippen molar-refractivity contribution < 1.29 is 19.2 Å². The Morgan fingerprint density at radius 2 is 1.39 bits per heavy atom. The van der Waals surface area contributed by atoms with E-state index in [4.69, 9.17) is 9.57 Å². The molecule has 0 saturated carbocycles. The SMILES string of the molecule is CNOc1ccnc2ccccc12.COc1cccc2c1C(=O)N(c1ccnc3ccccc13)C2=O. The zero-order chi connectivity index (χ0) is 25.1. The standard InChI is InChI=1S/C18H12N2O3.C10H10N2O/c1-23-15-8-4-6-12-16(15)18(22)20(17(12)21)14-9-10-19-13-7-3-2-5-11(13)14;1-11-13-10-6-7-12-9-5-3-2-4-8(9)10/h2-10H,1H3;2-7,11H,1H3. The first-order valence-corrected chi connectivity index (χ1v) is 11.2. The van der Waals surface area contributed by atoms with E-state index >= 15 is 0 Å². The molecule has 0 fully saturated rings. The van der Waals surface area contributed by atoms with E-state index in [2.05, 4.69) is 15.4 Å². The fourth-order valence-corrected chi connectivity index (χ4v) is 4.19. The number of methoxy groups -OCH3 is 1. The number of aromatic nitrogens is 2. The van der Waals surface area contributed by atoms with Gasteiger partial charge in [-0.1, -0.05) is 36.4 Å². The fraction of sp³-hybridized carbons (Fsp3) is 0.0714. The lowest BCUT2D eigenvalue weighted by atomic mass is 10.1. The number of benzene rings is 3. The minimum Gasteiger partial charge on any atom is -0.496 e. The molecule has 3 aromatic carbocycles. The van der Waals surface area contributed by atoms with Crippen LogP contribution >= 0.6 is 0 Å². The first-order chi connectivity index (χ1) is 17.6. The second kappa shape index (κ2) is 9.81. The Morgan fingerprint density at radius 1 is 0.722 bits per heavy atom. The van der Waals surface area contributed by atoms with Crippen LogP contribution in [-0.2, 0) is 0 Å². The quantitative estimate of drug-likeness (QED) is 0.293. The third-order valence-corrected chi connectivity index (χ3v) is 5.78. The Hall–Kier alpha value is -4.82. The maximum Gasteiger partial charge on any atom is 0.269 e. The van der Waals surface area contributed by atoms with E-state index in [9.17, 15) is 9.59 Å². The summed E-state index contributed by atoms with van der Waals surface area (Å²) in [6, 6.07) is 23.8. The molecule has 5 aromatic rings. The number of hydroxylamine groups is 1. The smallest absolute Gasteiger partial charge is 0.269 e. The van der Waals surface area contributed by atoms with Gasteiger partial charge in [0.1, 0.15) is 5.75 Å². The van der Waals surface area contributed by atoms with Crippen molar-refractivity contribution in [2.75, 3.05) is 19.1 Å². The summed E-state index contributed by atoms with van der Waals surface area (Å²) in [6.45, 7) is 0. The van der Waals surface area contributed by atoms with Crippen molar-refractivity contribution in [3.8, 4) is 11.5 Å². The number of anilines is 1. The van der Waals surface area contributed by atoms with Crippen molar-refractivity contribution in [3.63, 3.8) is 0 Å². The zero-order valence-corrected chi connectivity index (χ0v) is 19.6. The lowest BCUT2D eigenvalue weighted by molar-refractivity contribution is 0.0926. The molecule has 8 nitrogen and oxygen atoms in total. The number of rotatable bonds is 4. The van der Waals surface area contributed by atoms with E-state index in [0.717, 1.165) is 27.6 Å². The van der Waals surface area contributed by atoms with Crippen molar-refractivity contribution in [2.45, 2.75) is 0 Å². The second-order valence-corrected chi connectivity index (χ2v) is 7.81. The number of nitrogens with one attached hydrogen (secondary N) is 1. The van der Waals surface area contributed by atoms with Crippen LogP contribution < -0.4 is 20.0 Å². The molecule has 1 aliphatic rings. The Labute approximate surface area is 207 Å². The third-order valence-electron chi connectivity index (χ3n) is 5.78. The van der Waals surface area contributed by atoms with Crippen LogP contribution in [-0.4, -0.2) is 35.9 Å². The molecule has 2 aromatic heterocycles. The first-order valence-electron chi connectivity index (χ1n) is 11.2. The summed E-state index contributed by atoms with van der Waals surface area (Å²) in [7, 11) is 3.22. The molecule has 0 radical (unpaired) electrons. The van der Waals surface area contributed by atoms with E-state index in [1.165, 1.54) is 12.0 Å². The number of para-hydroxylation sites is 2. The highest BCUT2D eigenvalue weighted by atomic mass is 16.6. The van der Waals surface area contributed by atoms with Gasteiger partial charge in [0.15, 0.2) is 5.75 Å². The van der Waals surface area contributed by atoms with Gasteiger partial charge in [-0.2, -0.15) is 5.48 Å². The molecule has 36 heavy (non-hydrogen) atoms. The highest BCUT2D eigenvalue weighted by Crippen LogP contribution is 2.36. The number of fused-ring (bicyclic) bond motifs is 3. The van der Waals surface area contributed by atoms with Crippen LogP contribution in [0.3, 0.4) is 0 Å². The predicted octanol–water partition coefficient (Wildman–Crippen LogP) is 4.79. The van der Waals surface area contributed by atoms with Gasteiger partial charge in [-0.25, -0.2) is 4.90 Å². The van der Waals surface area contributed by atoms with Crippen LogP contribution in [0, 0.1) is 0 Å². The Bertz CT molecular complexity index is 1590. The summed E-state index contributed by atoms with van der Waals surface area (Å²) in [5.41, 5.74) is 5.51. The Balaban J connectivity index is 0.000000174. The minimum absolute atomic E-state index is 0.306. The van der Waals surface area contributed by atoms with Gasteiger partial charge in [0.2, 0.25) is 0 Å². The van der Waals surface area contributed by atoms with Crippen molar-refractivity contribution in [3.05, 3.63) is 102 Å². The molecular formula is C28H22N4O4. The number of ether oxygens (including phenoxy) is 1. The molecule has 8 heteroatoms. The molecule has 0 atom stereocenters. The molecule has 6 rings (SSSR count). The molecule has 178 valence electrons. The van der Waals surface area contributed by atoms with Crippen molar-refractivity contribution in [1.29, 1.82) is 0 Å². The maximum atomic E-state index is 12.8. The van der Waals surface area contributed by atoms with Gasteiger partial charge < -0.3 is 9.57 Å². The lowest BCUT2D eigenvalue weighted by Gasteiger charge is -2.16. The number of imide groups is 1. The summed E-state index contributed by atoms with van der Waals surface area (Å²) in [4.78, 5) is 40.5. The summed E-state index contributed by atoms with van der Waals surface area (Å²) >= 11 is 0. The number of hydrogen-bond acceptors (Lipinski definition) is 7. The van der Waals surface area contributed by atoms with E-state index in [0.29, 0.717) is 22.6 Å². The molecule has 0 bridgehead atoms. The average Bonchev–Trinajstić information content (AvgIpc) is 3.18. The van der Waals surface area contributed by atoms with Crippen LogP contribution in [0.2, 0.25) is 0 Å². The molecular weight excluding hydrogens is 456 g/mol. The predicted molar refractivity (Wildman–Crippen MR) is 137 cm³/mol. The van der Waals surface area contributed by atoms with Crippen LogP contribution in [0.1, 0.15) is 20.7 Å². The van der Waals surface area contributed by atoms with Gasteiger partial charge in [-0.15, -0.1) is 0 Å². The Morgan fingerprint density at radius 3 is 2.11 bits per heavy atom.